The van der Waals surface area contributed by atoms with Crippen molar-refractivity contribution < 1.29 is 19.0 Å². The Labute approximate surface area is 206 Å². The van der Waals surface area contributed by atoms with Gasteiger partial charge in [0.05, 0.1) is 21.3 Å². The molecule has 8 heteroatoms. The molecular weight excluding hydrogens is 444 g/mol. The molecule has 0 atom stereocenters. The molecule has 1 fully saturated rings. The number of nitrogens with zero attached hydrogens (tertiary/aromatic N) is 4. The van der Waals surface area contributed by atoms with E-state index in [0.29, 0.717) is 30.3 Å². The van der Waals surface area contributed by atoms with Crippen molar-refractivity contribution >= 4 is 12.0 Å². The predicted octanol–water partition coefficient (Wildman–Crippen LogP) is 3.43. The van der Waals surface area contributed by atoms with Crippen LogP contribution in [0.3, 0.4) is 0 Å². The van der Waals surface area contributed by atoms with Gasteiger partial charge in [-0.15, -0.1) is 0 Å². The van der Waals surface area contributed by atoms with Crippen LogP contribution in [-0.2, 0) is 11.3 Å². The van der Waals surface area contributed by atoms with Crippen LogP contribution in [0.2, 0.25) is 0 Å². The van der Waals surface area contributed by atoms with Crippen molar-refractivity contribution in [2.24, 2.45) is 0 Å². The first-order valence-corrected chi connectivity index (χ1v) is 11.7. The van der Waals surface area contributed by atoms with Gasteiger partial charge < -0.3 is 23.7 Å². The van der Waals surface area contributed by atoms with Crippen LogP contribution in [0, 0.1) is 0 Å². The minimum absolute atomic E-state index is 0.000579. The van der Waals surface area contributed by atoms with Crippen LogP contribution in [0.25, 0.3) is 17.5 Å². The molecule has 0 bridgehead atoms. The van der Waals surface area contributed by atoms with Gasteiger partial charge >= 0.3 is 0 Å². The summed E-state index contributed by atoms with van der Waals surface area (Å²) in [6.45, 7) is 4.87. The molecule has 1 amide bonds. The monoisotopic (exact) mass is 476 g/mol. The molecule has 1 aliphatic rings. The number of piperazine rings is 1. The molecule has 4 rings (SSSR count). The fourth-order valence-electron chi connectivity index (χ4n) is 4.25. The second-order valence-electron chi connectivity index (χ2n) is 8.27. The minimum Gasteiger partial charge on any atom is -0.493 e. The van der Waals surface area contributed by atoms with Crippen molar-refractivity contribution in [3.63, 3.8) is 0 Å². The average molecular weight is 477 g/mol. The molecule has 0 unspecified atom stereocenters. The van der Waals surface area contributed by atoms with E-state index >= 15 is 0 Å². The Morgan fingerprint density at radius 2 is 1.63 bits per heavy atom. The maximum Gasteiger partial charge on any atom is 0.246 e. The summed E-state index contributed by atoms with van der Waals surface area (Å²) in [7, 11) is 4.71. The standard InChI is InChI=1S/C27H32N4O4/c1-33-23-19-21(20-24(34-2)26(23)35-3)9-10-25(32)30-16-13-29(14-17-30)15-18-31-12-11-28-27(31)22-7-5-4-6-8-22/h4-12,19-20H,13-18H2,1-3H3/b10-9+. The smallest absolute Gasteiger partial charge is 0.246 e. The SMILES string of the molecule is COc1cc(/C=C/C(=O)N2CCN(CCn3ccnc3-c3ccccc3)CC2)cc(OC)c1OC. The second-order valence-corrected chi connectivity index (χ2v) is 8.27. The van der Waals surface area contributed by atoms with E-state index in [1.54, 1.807) is 33.5 Å². The number of carbonyl (C=O) groups excluding carboxylic acids is 1. The van der Waals surface area contributed by atoms with Crippen LogP contribution in [0.1, 0.15) is 5.56 Å². The molecule has 0 spiro atoms. The fraction of sp³-hybridized carbons (Fsp3) is 0.333. The van der Waals surface area contributed by atoms with Crippen molar-refractivity contribution in [3.05, 3.63) is 66.5 Å². The summed E-state index contributed by atoms with van der Waals surface area (Å²) in [5.41, 5.74) is 1.92. The van der Waals surface area contributed by atoms with Gasteiger partial charge in [-0.05, 0) is 23.8 Å². The van der Waals surface area contributed by atoms with E-state index in [9.17, 15) is 4.79 Å². The van der Waals surface area contributed by atoms with E-state index in [4.69, 9.17) is 14.2 Å². The number of hydrogen-bond acceptors (Lipinski definition) is 6. The summed E-state index contributed by atoms with van der Waals surface area (Å²) >= 11 is 0. The number of carbonyl (C=O) groups is 1. The van der Waals surface area contributed by atoms with E-state index in [-0.39, 0.29) is 5.91 Å². The van der Waals surface area contributed by atoms with Crippen LogP contribution in [-0.4, -0.2) is 79.3 Å². The Bertz CT molecular complexity index is 1130. The summed E-state index contributed by atoms with van der Waals surface area (Å²) < 4.78 is 18.3. The number of benzene rings is 2. The molecule has 2 aromatic carbocycles. The number of hydrogen-bond donors (Lipinski definition) is 0. The van der Waals surface area contributed by atoms with E-state index in [2.05, 4.69) is 26.6 Å². The summed E-state index contributed by atoms with van der Waals surface area (Å²) in [6, 6.07) is 13.9. The van der Waals surface area contributed by atoms with Gasteiger partial charge in [0.2, 0.25) is 11.7 Å². The largest absolute Gasteiger partial charge is 0.493 e. The molecular formula is C27H32N4O4. The highest BCUT2D eigenvalue weighted by molar-refractivity contribution is 5.92. The summed E-state index contributed by atoms with van der Waals surface area (Å²) in [4.78, 5) is 21.6. The third-order valence-electron chi connectivity index (χ3n) is 6.19. The van der Waals surface area contributed by atoms with E-state index < -0.39 is 0 Å². The number of aromatic nitrogens is 2. The van der Waals surface area contributed by atoms with Gasteiger partial charge in [0.15, 0.2) is 11.5 Å². The Morgan fingerprint density at radius 3 is 2.26 bits per heavy atom. The first kappa shape index (κ1) is 24.3. The fourth-order valence-corrected chi connectivity index (χ4v) is 4.25. The van der Waals surface area contributed by atoms with Crippen molar-refractivity contribution in [2.45, 2.75) is 6.54 Å². The van der Waals surface area contributed by atoms with Gasteiger partial charge in [-0.3, -0.25) is 9.69 Å². The Balaban J connectivity index is 1.30. The third-order valence-corrected chi connectivity index (χ3v) is 6.19. The molecule has 0 saturated carbocycles. The molecule has 1 aromatic heterocycles. The van der Waals surface area contributed by atoms with E-state index in [1.807, 2.05) is 47.6 Å². The van der Waals surface area contributed by atoms with Gasteiger partial charge in [0.25, 0.3) is 0 Å². The van der Waals surface area contributed by atoms with Crippen molar-refractivity contribution in [1.82, 2.24) is 19.4 Å². The molecule has 0 N–H and O–H groups in total. The first-order valence-electron chi connectivity index (χ1n) is 11.7. The van der Waals surface area contributed by atoms with Gasteiger partial charge in [-0.1, -0.05) is 30.3 Å². The van der Waals surface area contributed by atoms with Crippen molar-refractivity contribution in [2.75, 3.05) is 54.1 Å². The Morgan fingerprint density at radius 1 is 0.943 bits per heavy atom. The molecule has 0 radical (unpaired) electrons. The van der Waals surface area contributed by atoms with E-state index in [0.717, 1.165) is 43.1 Å². The minimum atomic E-state index is -0.000579. The summed E-state index contributed by atoms with van der Waals surface area (Å²) in [6.07, 6.45) is 7.26. The molecule has 3 aromatic rings. The Kier molecular flexibility index (Phi) is 8.05. The molecule has 1 saturated heterocycles. The molecule has 8 nitrogen and oxygen atoms in total. The lowest BCUT2D eigenvalue weighted by Gasteiger charge is -2.34. The van der Waals surface area contributed by atoms with Gasteiger partial charge in [-0.25, -0.2) is 4.98 Å². The zero-order valence-electron chi connectivity index (χ0n) is 20.5. The first-order chi connectivity index (χ1) is 17.1. The number of amides is 1. The van der Waals surface area contributed by atoms with Gasteiger partial charge in [0, 0.05) is 63.3 Å². The highest BCUT2D eigenvalue weighted by Crippen LogP contribution is 2.38. The van der Waals surface area contributed by atoms with Crippen LogP contribution >= 0.6 is 0 Å². The topological polar surface area (TPSA) is 69.1 Å². The van der Waals surface area contributed by atoms with Crippen molar-refractivity contribution in [3.8, 4) is 28.6 Å². The molecule has 35 heavy (non-hydrogen) atoms. The number of ether oxygens (including phenoxy) is 3. The Hall–Kier alpha value is -3.78. The number of methoxy groups -OCH3 is 3. The average Bonchev–Trinajstić information content (AvgIpc) is 3.39. The summed E-state index contributed by atoms with van der Waals surface area (Å²) in [5.74, 6) is 2.62. The highest BCUT2D eigenvalue weighted by Gasteiger charge is 2.20. The normalized spacial score (nSPS) is 14.3. The molecule has 2 heterocycles. The van der Waals surface area contributed by atoms with Crippen LogP contribution in [0.15, 0.2) is 60.9 Å². The van der Waals surface area contributed by atoms with Gasteiger partial charge in [-0.2, -0.15) is 0 Å². The van der Waals surface area contributed by atoms with Gasteiger partial charge in [0.1, 0.15) is 5.82 Å². The lowest BCUT2D eigenvalue weighted by molar-refractivity contribution is -0.127. The number of rotatable bonds is 9. The predicted molar refractivity (Wildman–Crippen MR) is 136 cm³/mol. The second kappa shape index (κ2) is 11.6. The molecule has 1 aliphatic heterocycles. The van der Waals surface area contributed by atoms with Crippen LogP contribution in [0.4, 0.5) is 0 Å². The highest BCUT2D eigenvalue weighted by atomic mass is 16.5. The maximum atomic E-state index is 12.8. The lowest BCUT2D eigenvalue weighted by Crippen LogP contribution is -2.48. The van der Waals surface area contributed by atoms with Crippen molar-refractivity contribution in [1.29, 1.82) is 0 Å². The zero-order chi connectivity index (χ0) is 24.6. The zero-order valence-corrected chi connectivity index (χ0v) is 20.5. The van der Waals surface area contributed by atoms with Crippen LogP contribution < -0.4 is 14.2 Å². The molecule has 184 valence electrons. The summed E-state index contributed by atoms with van der Waals surface area (Å²) in [5, 5.41) is 0. The number of imidazole rings is 1. The van der Waals surface area contributed by atoms with E-state index in [1.165, 1.54) is 0 Å². The lowest BCUT2D eigenvalue weighted by atomic mass is 10.1. The quantitative estimate of drug-likeness (QED) is 0.441. The van der Waals surface area contributed by atoms with Crippen LogP contribution in [0.5, 0.6) is 17.2 Å². The third kappa shape index (κ3) is 5.84. The maximum absolute atomic E-state index is 12.8. The molecule has 0 aliphatic carbocycles.